The summed E-state index contributed by atoms with van der Waals surface area (Å²) in [6.45, 7) is 0.584. The molecule has 0 radical (unpaired) electrons. The summed E-state index contributed by atoms with van der Waals surface area (Å²) in [5, 5.41) is 2.68. The van der Waals surface area contributed by atoms with Crippen molar-refractivity contribution in [1.29, 1.82) is 0 Å². The SMILES string of the molecule is CSCCCCNC(=O)c1ccncc1F. The first kappa shape index (κ1) is 13.0. The van der Waals surface area contributed by atoms with Crippen LogP contribution in [-0.4, -0.2) is 29.4 Å². The number of aromatic nitrogens is 1. The fourth-order valence-corrected chi connectivity index (χ4v) is 1.72. The van der Waals surface area contributed by atoms with Gasteiger partial charge in [0, 0.05) is 12.7 Å². The number of halogens is 1. The highest BCUT2D eigenvalue weighted by molar-refractivity contribution is 7.98. The highest BCUT2D eigenvalue weighted by atomic mass is 32.2. The van der Waals surface area contributed by atoms with Gasteiger partial charge in [-0.1, -0.05) is 0 Å². The van der Waals surface area contributed by atoms with E-state index in [0.717, 1.165) is 24.8 Å². The Morgan fingerprint density at radius 1 is 1.56 bits per heavy atom. The van der Waals surface area contributed by atoms with E-state index < -0.39 is 5.82 Å². The molecule has 16 heavy (non-hydrogen) atoms. The molecule has 0 aliphatic heterocycles. The van der Waals surface area contributed by atoms with Crippen molar-refractivity contribution in [2.45, 2.75) is 12.8 Å². The van der Waals surface area contributed by atoms with Gasteiger partial charge < -0.3 is 5.32 Å². The molecule has 1 aromatic heterocycles. The van der Waals surface area contributed by atoms with Crippen molar-refractivity contribution in [3.05, 3.63) is 29.8 Å². The van der Waals surface area contributed by atoms with Gasteiger partial charge in [-0.25, -0.2) is 4.39 Å². The molecule has 0 bridgehead atoms. The van der Waals surface area contributed by atoms with E-state index >= 15 is 0 Å². The summed E-state index contributed by atoms with van der Waals surface area (Å²) in [5.74, 6) is 0.132. The molecule has 1 rings (SSSR count). The van der Waals surface area contributed by atoms with Gasteiger partial charge in [-0.05, 0) is 30.9 Å². The first-order valence-electron chi connectivity index (χ1n) is 5.12. The summed E-state index contributed by atoms with van der Waals surface area (Å²) in [4.78, 5) is 15.1. The largest absolute Gasteiger partial charge is 0.352 e. The maximum Gasteiger partial charge on any atom is 0.254 e. The molecule has 88 valence electrons. The number of carbonyl (C=O) groups excluding carboxylic acids is 1. The summed E-state index contributed by atoms with van der Waals surface area (Å²) < 4.78 is 13.1. The first-order valence-corrected chi connectivity index (χ1v) is 6.51. The molecule has 1 N–H and O–H groups in total. The van der Waals surface area contributed by atoms with Gasteiger partial charge in [-0.3, -0.25) is 9.78 Å². The van der Waals surface area contributed by atoms with Crippen molar-refractivity contribution in [2.75, 3.05) is 18.6 Å². The lowest BCUT2D eigenvalue weighted by molar-refractivity contribution is 0.0949. The molecular weight excluding hydrogens is 227 g/mol. The van der Waals surface area contributed by atoms with E-state index in [1.165, 1.54) is 12.3 Å². The van der Waals surface area contributed by atoms with Gasteiger partial charge in [0.05, 0.1) is 11.8 Å². The predicted molar refractivity (Wildman–Crippen MR) is 64.1 cm³/mol. The van der Waals surface area contributed by atoms with Crippen LogP contribution in [-0.2, 0) is 0 Å². The minimum atomic E-state index is -0.580. The number of hydrogen-bond acceptors (Lipinski definition) is 3. The second-order valence-electron chi connectivity index (χ2n) is 3.31. The minimum Gasteiger partial charge on any atom is -0.352 e. The third-order valence-electron chi connectivity index (χ3n) is 2.08. The Hall–Kier alpha value is -1.10. The monoisotopic (exact) mass is 242 g/mol. The molecule has 1 heterocycles. The molecule has 0 aliphatic rings. The Kier molecular flexibility index (Phi) is 5.85. The zero-order valence-electron chi connectivity index (χ0n) is 9.20. The van der Waals surface area contributed by atoms with Crippen molar-refractivity contribution >= 4 is 17.7 Å². The molecule has 3 nitrogen and oxygen atoms in total. The molecule has 0 unspecified atom stereocenters. The van der Waals surface area contributed by atoms with Crippen LogP contribution >= 0.6 is 11.8 Å². The molecular formula is C11H15FN2OS. The van der Waals surface area contributed by atoms with Gasteiger partial charge in [0.2, 0.25) is 0 Å². The number of pyridine rings is 1. The van der Waals surface area contributed by atoms with E-state index in [1.54, 1.807) is 11.8 Å². The molecule has 0 saturated carbocycles. The summed E-state index contributed by atoms with van der Waals surface area (Å²) >= 11 is 1.78. The molecule has 0 atom stereocenters. The van der Waals surface area contributed by atoms with E-state index in [4.69, 9.17) is 0 Å². The normalized spacial score (nSPS) is 10.1. The number of carbonyl (C=O) groups is 1. The number of hydrogen-bond donors (Lipinski definition) is 1. The molecule has 0 aromatic carbocycles. The lowest BCUT2D eigenvalue weighted by Gasteiger charge is -2.05. The average molecular weight is 242 g/mol. The Labute approximate surface area is 98.8 Å². The van der Waals surface area contributed by atoms with Crippen molar-refractivity contribution in [1.82, 2.24) is 10.3 Å². The fraction of sp³-hybridized carbons (Fsp3) is 0.455. The highest BCUT2D eigenvalue weighted by Gasteiger charge is 2.09. The predicted octanol–water partition coefficient (Wildman–Crippen LogP) is 2.09. The van der Waals surface area contributed by atoms with Crippen molar-refractivity contribution in [3.63, 3.8) is 0 Å². The molecule has 0 fully saturated rings. The summed E-state index contributed by atoms with van der Waals surface area (Å²) in [5.41, 5.74) is 0.0554. The number of unbranched alkanes of at least 4 members (excludes halogenated alkanes) is 1. The number of nitrogens with zero attached hydrogens (tertiary/aromatic N) is 1. The third kappa shape index (κ3) is 4.18. The second-order valence-corrected chi connectivity index (χ2v) is 4.30. The number of amides is 1. The van der Waals surface area contributed by atoms with Gasteiger partial charge in [-0.15, -0.1) is 0 Å². The summed E-state index contributed by atoms with van der Waals surface area (Å²) in [7, 11) is 0. The van der Waals surface area contributed by atoms with Crippen molar-refractivity contribution in [3.8, 4) is 0 Å². The van der Waals surface area contributed by atoms with Crippen LogP contribution in [0.5, 0.6) is 0 Å². The Morgan fingerprint density at radius 3 is 3.06 bits per heavy atom. The molecule has 0 spiro atoms. The number of thioether (sulfide) groups is 1. The van der Waals surface area contributed by atoms with Gasteiger partial charge in [0.1, 0.15) is 0 Å². The van der Waals surface area contributed by atoms with Crippen molar-refractivity contribution < 1.29 is 9.18 Å². The number of nitrogens with one attached hydrogen (secondary N) is 1. The van der Waals surface area contributed by atoms with E-state index in [9.17, 15) is 9.18 Å². The quantitative estimate of drug-likeness (QED) is 0.777. The van der Waals surface area contributed by atoms with Crippen LogP contribution in [0.25, 0.3) is 0 Å². The Bertz CT molecular complexity index is 347. The van der Waals surface area contributed by atoms with E-state index in [1.807, 2.05) is 6.26 Å². The number of rotatable bonds is 6. The lowest BCUT2D eigenvalue weighted by atomic mass is 10.2. The Balaban J connectivity index is 2.33. The van der Waals surface area contributed by atoms with Gasteiger partial charge in [0.25, 0.3) is 5.91 Å². The third-order valence-corrected chi connectivity index (χ3v) is 2.77. The van der Waals surface area contributed by atoms with Crippen LogP contribution in [0.4, 0.5) is 4.39 Å². The average Bonchev–Trinajstić information content (AvgIpc) is 2.29. The van der Waals surface area contributed by atoms with Crippen LogP contribution in [0.2, 0.25) is 0 Å². The topological polar surface area (TPSA) is 42.0 Å². The fourth-order valence-electron chi connectivity index (χ4n) is 1.23. The first-order chi connectivity index (χ1) is 7.75. The van der Waals surface area contributed by atoms with Crippen LogP contribution in [0.15, 0.2) is 18.5 Å². The zero-order chi connectivity index (χ0) is 11.8. The molecule has 0 aliphatic carbocycles. The maximum atomic E-state index is 13.1. The van der Waals surface area contributed by atoms with E-state index in [2.05, 4.69) is 10.3 Å². The minimum absolute atomic E-state index is 0.0554. The summed E-state index contributed by atoms with van der Waals surface area (Å²) in [6, 6.07) is 1.38. The Morgan fingerprint density at radius 2 is 2.38 bits per heavy atom. The van der Waals surface area contributed by atoms with Crippen LogP contribution in [0, 0.1) is 5.82 Å². The van der Waals surface area contributed by atoms with Crippen LogP contribution in [0.3, 0.4) is 0 Å². The molecule has 0 saturated heterocycles. The van der Waals surface area contributed by atoms with E-state index in [0.29, 0.717) is 6.54 Å². The van der Waals surface area contributed by atoms with Crippen LogP contribution in [0.1, 0.15) is 23.2 Å². The van der Waals surface area contributed by atoms with Gasteiger partial charge in [-0.2, -0.15) is 11.8 Å². The molecule has 1 aromatic rings. The van der Waals surface area contributed by atoms with E-state index in [-0.39, 0.29) is 11.5 Å². The maximum absolute atomic E-state index is 13.1. The molecule has 1 amide bonds. The standard InChI is InChI=1S/C11H15FN2OS/c1-16-7-3-2-5-14-11(15)9-4-6-13-8-10(9)12/h4,6,8H,2-3,5,7H2,1H3,(H,14,15). The summed E-state index contributed by atoms with van der Waals surface area (Å²) in [6.07, 6.45) is 6.47. The van der Waals surface area contributed by atoms with Gasteiger partial charge in [0.15, 0.2) is 5.82 Å². The van der Waals surface area contributed by atoms with Crippen molar-refractivity contribution in [2.24, 2.45) is 0 Å². The van der Waals surface area contributed by atoms with Gasteiger partial charge >= 0.3 is 0 Å². The second kappa shape index (κ2) is 7.22. The van der Waals surface area contributed by atoms with Crippen LogP contribution < -0.4 is 5.32 Å². The zero-order valence-corrected chi connectivity index (χ0v) is 10.0. The lowest BCUT2D eigenvalue weighted by Crippen LogP contribution is -2.25. The highest BCUT2D eigenvalue weighted by Crippen LogP contribution is 2.04. The molecule has 5 heteroatoms. The smallest absolute Gasteiger partial charge is 0.254 e.